The summed E-state index contributed by atoms with van der Waals surface area (Å²) in [4.78, 5) is 36.5. The molecule has 3 aromatic carbocycles. The van der Waals surface area contributed by atoms with Crippen LogP contribution in [0.2, 0.25) is 5.02 Å². The lowest BCUT2D eigenvalue weighted by Crippen LogP contribution is -2.23. The number of pyridine rings is 1. The molecule has 15 heteroatoms. The molecule has 0 bridgehead atoms. The van der Waals surface area contributed by atoms with Crippen molar-refractivity contribution in [1.82, 2.24) is 4.57 Å². The number of aliphatic hydroxyl groups excluding tert-OH is 1. The number of nitro benzene ring substituents is 1. The lowest BCUT2D eigenvalue weighted by atomic mass is 10.1. The van der Waals surface area contributed by atoms with Crippen LogP contribution in [0.25, 0.3) is 16.6 Å². The second-order valence-electron chi connectivity index (χ2n) is 8.88. The summed E-state index contributed by atoms with van der Waals surface area (Å²) in [6, 6.07) is 6.99. The average Bonchev–Trinajstić information content (AvgIpc) is 2.99. The van der Waals surface area contributed by atoms with Gasteiger partial charge in [0.05, 0.1) is 49.2 Å². The van der Waals surface area contributed by atoms with E-state index in [0.29, 0.717) is 17.1 Å². The van der Waals surface area contributed by atoms with E-state index in [2.05, 4.69) is 5.32 Å². The topological polar surface area (TPSA) is 142 Å². The third kappa shape index (κ3) is 5.66. The van der Waals surface area contributed by atoms with Gasteiger partial charge in [-0.15, -0.1) is 0 Å². The van der Waals surface area contributed by atoms with Gasteiger partial charge in [0.1, 0.15) is 33.3 Å². The molecule has 0 atom stereocenters. The third-order valence-corrected chi connectivity index (χ3v) is 6.83. The first-order valence-corrected chi connectivity index (χ1v) is 12.8. The van der Waals surface area contributed by atoms with Gasteiger partial charge in [-0.2, -0.15) is 4.39 Å². The maximum Gasteiger partial charge on any atom is 0.343 e. The molecule has 0 aliphatic carbocycles. The van der Waals surface area contributed by atoms with Crippen LogP contribution >= 0.6 is 11.6 Å². The number of nitrogens with zero attached hydrogens (tertiary/aromatic N) is 2. The molecule has 226 valence electrons. The largest absolute Gasteiger partial charge is 0.497 e. The van der Waals surface area contributed by atoms with Gasteiger partial charge in [-0.3, -0.25) is 14.9 Å². The molecule has 0 saturated carbocycles. The fourth-order valence-corrected chi connectivity index (χ4v) is 4.73. The predicted octanol–water partition coefficient (Wildman–Crippen LogP) is 5.27. The number of esters is 1. The quantitative estimate of drug-likeness (QED) is 0.105. The SMILES string of the molecule is CCOC(=O)c1cn(-c2cc(NCc3ccc(OC)cc3OC)c(F)cc2CO)c2c(Cl)c(F)c(F)c([N+](=O)[O-])c2c1=O. The Bertz CT molecular complexity index is 1830. The van der Waals surface area contributed by atoms with Crippen molar-refractivity contribution in [2.45, 2.75) is 20.1 Å². The molecule has 0 aliphatic heterocycles. The first-order chi connectivity index (χ1) is 20.5. The smallest absolute Gasteiger partial charge is 0.343 e. The Morgan fingerprint density at radius 3 is 2.44 bits per heavy atom. The zero-order valence-corrected chi connectivity index (χ0v) is 23.6. The van der Waals surface area contributed by atoms with Gasteiger partial charge in [0.15, 0.2) is 5.82 Å². The monoisotopic (exact) mass is 621 g/mol. The molecule has 11 nitrogen and oxygen atoms in total. The minimum absolute atomic E-state index is 0.00700. The van der Waals surface area contributed by atoms with Crippen LogP contribution < -0.4 is 20.2 Å². The van der Waals surface area contributed by atoms with Crippen LogP contribution in [-0.4, -0.2) is 41.4 Å². The number of fused-ring (bicyclic) bond motifs is 1. The molecule has 0 fully saturated rings. The van der Waals surface area contributed by atoms with E-state index in [1.807, 2.05) is 0 Å². The number of hydrogen-bond donors (Lipinski definition) is 2. The highest BCUT2D eigenvalue weighted by Gasteiger charge is 2.33. The molecule has 0 aliphatic rings. The van der Waals surface area contributed by atoms with Crippen LogP contribution in [-0.2, 0) is 17.9 Å². The number of anilines is 1. The molecule has 4 rings (SSSR count). The summed E-state index contributed by atoms with van der Waals surface area (Å²) in [6.07, 6.45) is 0.846. The van der Waals surface area contributed by atoms with Gasteiger partial charge in [-0.1, -0.05) is 11.6 Å². The fraction of sp³-hybridized carbons (Fsp3) is 0.214. The Labute approximate surface area is 246 Å². The number of carbonyl (C=O) groups is 1. The van der Waals surface area contributed by atoms with Crippen molar-refractivity contribution >= 4 is 39.8 Å². The number of nitro groups is 1. The Morgan fingerprint density at radius 1 is 1.12 bits per heavy atom. The van der Waals surface area contributed by atoms with E-state index in [1.54, 1.807) is 18.2 Å². The van der Waals surface area contributed by atoms with E-state index in [1.165, 1.54) is 21.1 Å². The Balaban J connectivity index is 2.02. The van der Waals surface area contributed by atoms with E-state index in [9.17, 15) is 33.6 Å². The van der Waals surface area contributed by atoms with E-state index in [0.717, 1.165) is 22.9 Å². The highest BCUT2D eigenvalue weighted by Crippen LogP contribution is 2.38. The highest BCUT2D eigenvalue weighted by atomic mass is 35.5. The predicted molar refractivity (Wildman–Crippen MR) is 150 cm³/mol. The van der Waals surface area contributed by atoms with Gasteiger partial charge in [-0.05, 0) is 31.2 Å². The number of methoxy groups -OCH3 is 2. The van der Waals surface area contributed by atoms with E-state index in [-0.39, 0.29) is 30.1 Å². The Morgan fingerprint density at radius 2 is 1.84 bits per heavy atom. The highest BCUT2D eigenvalue weighted by molar-refractivity contribution is 6.35. The van der Waals surface area contributed by atoms with Gasteiger partial charge in [0.25, 0.3) is 0 Å². The van der Waals surface area contributed by atoms with Crippen LogP contribution in [0.15, 0.2) is 41.3 Å². The standard InChI is InChI=1S/C28H23ClF3N3O8/c1-4-43-28(38)16-11-34(25-21(27(16)37)26(35(39)40)24(32)23(31)22(25)29)19-9-18(17(30)7-14(19)12-36)33-10-13-5-6-15(41-2)8-20(13)42-3/h5-9,11,33,36H,4,10,12H2,1-3H3. The molecule has 0 saturated heterocycles. The van der Waals surface area contributed by atoms with Crippen molar-refractivity contribution in [3.05, 3.63) is 96.0 Å². The third-order valence-electron chi connectivity index (χ3n) is 6.49. The molecule has 1 heterocycles. The molecule has 0 unspecified atom stereocenters. The number of hydrogen-bond acceptors (Lipinski definition) is 9. The normalized spacial score (nSPS) is 11.0. The molecule has 43 heavy (non-hydrogen) atoms. The second-order valence-corrected chi connectivity index (χ2v) is 9.26. The molecule has 0 radical (unpaired) electrons. The molecular weight excluding hydrogens is 599 g/mol. The lowest BCUT2D eigenvalue weighted by molar-refractivity contribution is -0.386. The van der Waals surface area contributed by atoms with Crippen LogP contribution in [0.3, 0.4) is 0 Å². The van der Waals surface area contributed by atoms with Gasteiger partial charge in [0, 0.05) is 29.9 Å². The van der Waals surface area contributed by atoms with Crippen LogP contribution in [0.1, 0.15) is 28.4 Å². The number of ether oxygens (including phenoxy) is 3. The molecule has 0 spiro atoms. The fourth-order valence-electron chi connectivity index (χ4n) is 4.46. The van der Waals surface area contributed by atoms with Crippen molar-refractivity contribution in [2.24, 2.45) is 0 Å². The summed E-state index contributed by atoms with van der Waals surface area (Å²) >= 11 is 6.10. The van der Waals surface area contributed by atoms with Crippen molar-refractivity contribution in [1.29, 1.82) is 0 Å². The Kier molecular flexibility index (Phi) is 9.11. The van der Waals surface area contributed by atoms with Crippen LogP contribution in [0.5, 0.6) is 11.5 Å². The number of carbonyl (C=O) groups excluding carboxylic acids is 1. The summed E-state index contributed by atoms with van der Waals surface area (Å²) in [7, 11) is 2.90. The summed E-state index contributed by atoms with van der Waals surface area (Å²) < 4.78 is 61.2. The first kappa shape index (κ1) is 31.1. The molecule has 2 N–H and O–H groups in total. The summed E-state index contributed by atoms with van der Waals surface area (Å²) in [6.45, 7) is 0.432. The molecule has 1 aromatic heterocycles. The van der Waals surface area contributed by atoms with Gasteiger partial charge >= 0.3 is 11.7 Å². The van der Waals surface area contributed by atoms with Crippen molar-refractivity contribution < 1.29 is 42.2 Å². The second kappa shape index (κ2) is 12.6. The number of nitrogens with one attached hydrogen (secondary N) is 1. The van der Waals surface area contributed by atoms with E-state index >= 15 is 4.39 Å². The summed E-state index contributed by atoms with van der Waals surface area (Å²) in [5, 5.41) is 22.7. The zero-order chi connectivity index (χ0) is 31.6. The van der Waals surface area contributed by atoms with Crippen LogP contribution in [0.4, 0.5) is 24.5 Å². The maximum absolute atomic E-state index is 15.2. The summed E-state index contributed by atoms with van der Waals surface area (Å²) in [5.74, 6) is -5.00. The lowest BCUT2D eigenvalue weighted by Gasteiger charge is -2.20. The molecular formula is C28H23ClF3N3O8. The minimum atomic E-state index is -2.02. The molecule has 0 amide bonds. The number of benzene rings is 3. The average molecular weight is 622 g/mol. The number of aromatic nitrogens is 1. The number of aliphatic hydroxyl groups is 1. The molecule has 4 aromatic rings. The minimum Gasteiger partial charge on any atom is -0.497 e. The van der Waals surface area contributed by atoms with Gasteiger partial charge in [0.2, 0.25) is 11.2 Å². The van der Waals surface area contributed by atoms with E-state index < -0.39 is 67.6 Å². The van der Waals surface area contributed by atoms with Gasteiger partial charge < -0.3 is 29.2 Å². The number of rotatable bonds is 10. The van der Waals surface area contributed by atoms with Crippen molar-refractivity contribution in [3.63, 3.8) is 0 Å². The first-order valence-electron chi connectivity index (χ1n) is 12.4. The maximum atomic E-state index is 15.2. The number of halogens is 4. The van der Waals surface area contributed by atoms with Gasteiger partial charge in [-0.25, -0.2) is 13.6 Å². The zero-order valence-electron chi connectivity index (χ0n) is 22.8. The van der Waals surface area contributed by atoms with Crippen molar-refractivity contribution in [3.8, 4) is 17.2 Å². The van der Waals surface area contributed by atoms with Crippen molar-refractivity contribution in [2.75, 3.05) is 26.1 Å². The van der Waals surface area contributed by atoms with E-state index in [4.69, 9.17) is 25.8 Å². The summed E-state index contributed by atoms with van der Waals surface area (Å²) in [5.41, 5.74) is -4.33. The van der Waals surface area contributed by atoms with Crippen LogP contribution in [0, 0.1) is 27.6 Å². The Hall–Kier alpha value is -4.82.